The van der Waals surface area contributed by atoms with Gasteiger partial charge in [0.05, 0.1) is 26.4 Å². The van der Waals surface area contributed by atoms with E-state index < -0.39 is 156 Å². The van der Waals surface area contributed by atoms with Crippen LogP contribution in [0.2, 0.25) is 0 Å². The Morgan fingerprint density at radius 1 is 0.395 bits per heavy atom. The number of hydrogen-bond donors (Lipinski definition) is 16. The van der Waals surface area contributed by atoms with Crippen LogP contribution in [0.1, 0.15) is 36.8 Å². The molecule has 1 aliphatic carbocycles. The summed E-state index contributed by atoms with van der Waals surface area (Å²) in [5.74, 6) is -0.815. The van der Waals surface area contributed by atoms with Gasteiger partial charge in [0.2, 0.25) is 25.2 Å². The summed E-state index contributed by atoms with van der Waals surface area (Å²) in [5, 5.41) is 170. The standard InChI is InChI=1S/C50H63O25P/c51-16-29-33(55)37(59)41(63)47(72-29)68-22-10-20(11-23(14-22)69-48-42(64)38(60)34(56)30(17-52)73-48)45-27-8-4-5-9-28(27)46(76(45,67)26-6-2-1-3-7-26)21-12-24(70-49-43(65)39(61)35(57)31(18-53)74-49)15-25(13-21)71-50-44(66)40(62)36(58)32(19-54)75-50/h1-3,6-7,10-15,29-44,47-66H,4-5,8-9,16-19H2/t29-,30-,31-,32-,33-,34-,35-,36-,37+,38+,39+,40+,41+,42+,43+,44+,47?,48?,49?,50?,76?/m1/s1. The quantitative estimate of drug-likeness (QED) is 0.0642. The topological polar surface area (TPSA) is 415 Å². The molecule has 4 unspecified atom stereocenters. The molecule has 0 aromatic heterocycles. The summed E-state index contributed by atoms with van der Waals surface area (Å²) in [7, 11) is -4.33. The third-order valence-electron chi connectivity index (χ3n) is 14.5. The van der Waals surface area contributed by atoms with Crippen LogP contribution in [0.15, 0.2) is 77.9 Å². The minimum Gasteiger partial charge on any atom is -0.462 e. The number of allylic oxidation sites excluding steroid dienone is 2. The van der Waals surface area contributed by atoms with Crippen molar-refractivity contribution >= 4 is 23.1 Å². The van der Waals surface area contributed by atoms with Crippen LogP contribution in [0.4, 0.5) is 0 Å². The molecule has 6 aliphatic rings. The molecule has 1 saturated carbocycles. The molecule has 26 heteroatoms. The van der Waals surface area contributed by atoms with Crippen LogP contribution in [0.5, 0.6) is 23.0 Å². The van der Waals surface area contributed by atoms with Crippen molar-refractivity contribution in [3.63, 3.8) is 0 Å². The molecule has 3 aromatic rings. The van der Waals surface area contributed by atoms with Gasteiger partial charge in [-0.1, -0.05) is 30.3 Å². The van der Waals surface area contributed by atoms with Crippen LogP contribution >= 0.6 is 7.14 Å². The van der Waals surface area contributed by atoms with Gasteiger partial charge in [-0.25, -0.2) is 0 Å². The van der Waals surface area contributed by atoms with Crippen molar-refractivity contribution in [3.8, 4) is 23.0 Å². The van der Waals surface area contributed by atoms with Crippen molar-refractivity contribution in [1.29, 1.82) is 0 Å². The normalized spacial score (nSPS) is 39.9. The second-order valence-electron chi connectivity index (χ2n) is 19.5. The molecule has 9 rings (SSSR count). The van der Waals surface area contributed by atoms with Crippen molar-refractivity contribution < 1.29 is 124 Å². The predicted molar refractivity (Wildman–Crippen MR) is 256 cm³/mol. The highest BCUT2D eigenvalue weighted by atomic mass is 31.2. The van der Waals surface area contributed by atoms with Gasteiger partial charge in [0.15, 0.2) is 7.14 Å². The van der Waals surface area contributed by atoms with Gasteiger partial charge in [-0.3, -0.25) is 0 Å². The zero-order valence-electron chi connectivity index (χ0n) is 40.3. The summed E-state index contributed by atoms with van der Waals surface area (Å²) in [6.45, 7) is -3.19. The van der Waals surface area contributed by atoms with Crippen LogP contribution in [0.3, 0.4) is 0 Å². The van der Waals surface area contributed by atoms with E-state index in [-0.39, 0.29) is 50.1 Å². The molecule has 4 saturated heterocycles. The molecule has 0 amide bonds. The monoisotopic (exact) mass is 1090 g/mol. The second kappa shape index (κ2) is 23.2. The number of hydrogen-bond acceptors (Lipinski definition) is 25. The van der Waals surface area contributed by atoms with E-state index >= 15 is 4.57 Å². The summed E-state index contributed by atoms with van der Waals surface area (Å²) >= 11 is 0. The van der Waals surface area contributed by atoms with Gasteiger partial charge in [0, 0.05) is 28.1 Å². The van der Waals surface area contributed by atoms with Crippen LogP contribution in [0.25, 0.3) is 10.6 Å². The molecule has 5 heterocycles. The lowest BCUT2D eigenvalue weighted by atomic mass is 9.87. The highest BCUT2D eigenvalue weighted by Crippen LogP contribution is 2.75. The Bertz CT molecular complexity index is 2350. The van der Waals surface area contributed by atoms with E-state index in [1.807, 2.05) is 0 Å². The van der Waals surface area contributed by atoms with E-state index in [1.54, 1.807) is 30.3 Å². The summed E-state index contributed by atoms with van der Waals surface area (Å²) in [6, 6.07) is 16.4. The number of aliphatic hydroxyl groups excluding tert-OH is 16. The fourth-order valence-corrected chi connectivity index (χ4v) is 14.0. The molecule has 5 aliphatic heterocycles. The molecule has 25 nitrogen and oxygen atoms in total. The molecular formula is C50H63O25P. The van der Waals surface area contributed by atoms with Crippen molar-refractivity contribution in [2.45, 2.75) is 149 Å². The fourth-order valence-electron chi connectivity index (χ4n) is 10.4. The predicted octanol–water partition coefficient (Wildman–Crippen LogP) is -4.20. The number of benzene rings is 3. The minimum atomic E-state index is -4.33. The van der Waals surface area contributed by atoms with Crippen LogP contribution < -0.4 is 24.3 Å². The number of fused-ring (bicyclic) bond motifs is 1. The zero-order chi connectivity index (χ0) is 54.5. The molecule has 0 radical (unpaired) electrons. The lowest BCUT2D eigenvalue weighted by Gasteiger charge is -2.40. The van der Waals surface area contributed by atoms with Crippen molar-refractivity contribution in [1.82, 2.24) is 0 Å². The van der Waals surface area contributed by atoms with Gasteiger partial charge in [0.25, 0.3) is 0 Å². The number of ether oxygens (including phenoxy) is 8. The molecular weight excluding hydrogens is 1030 g/mol. The Labute approximate surface area is 433 Å². The number of aliphatic hydroxyl groups is 16. The molecule has 16 N–H and O–H groups in total. The first-order valence-corrected chi connectivity index (χ1v) is 26.4. The Morgan fingerprint density at radius 3 is 0.934 bits per heavy atom. The van der Waals surface area contributed by atoms with Crippen molar-refractivity contribution in [3.05, 3.63) is 89.0 Å². The zero-order valence-corrected chi connectivity index (χ0v) is 41.2. The van der Waals surface area contributed by atoms with E-state index in [2.05, 4.69) is 0 Å². The average Bonchev–Trinajstić information content (AvgIpc) is 3.78. The second-order valence-corrected chi connectivity index (χ2v) is 22.1. The smallest absolute Gasteiger partial charge is 0.229 e. The van der Waals surface area contributed by atoms with Gasteiger partial charge < -0.3 is 124 Å². The summed E-state index contributed by atoms with van der Waals surface area (Å²) in [4.78, 5) is 0. The van der Waals surface area contributed by atoms with Gasteiger partial charge in [-0.05, 0) is 72.2 Å². The lowest BCUT2D eigenvalue weighted by molar-refractivity contribution is -0.278. The van der Waals surface area contributed by atoms with Crippen LogP contribution in [-0.4, -0.2) is 231 Å². The van der Waals surface area contributed by atoms with Crippen LogP contribution in [-0.2, 0) is 23.5 Å². The van der Waals surface area contributed by atoms with Crippen molar-refractivity contribution in [2.75, 3.05) is 26.4 Å². The van der Waals surface area contributed by atoms with E-state index in [0.29, 0.717) is 36.8 Å². The van der Waals surface area contributed by atoms with E-state index in [9.17, 15) is 81.7 Å². The Morgan fingerprint density at radius 2 is 0.671 bits per heavy atom. The lowest BCUT2D eigenvalue weighted by Crippen LogP contribution is -2.60. The Balaban J connectivity index is 1.21. The van der Waals surface area contributed by atoms with E-state index in [1.165, 1.54) is 36.4 Å². The largest absolute Gasteiger partial charge is 0.462 e. The van der Waals surface area contributed by atoms with Crippen LogP contribution in [0, 0.1) is 0 Å². The molecule has 418 valence electrons. The molecule has 76 heavy (non-hydrogen) atoms. The SMILES string of the molecule is O=P1(c2ccccc2)C(c2cc(OC3O[C@H](CO)[C@@H](O)[C@H](O)[C@@H]3O)cc(OC3O[C@H](CO)[C@@H](O)[C@H](O)[C@@H]3O)c2)=C2CCCCC2=C1c1cc(OC2O[C@H](CO)[C@@H](O)[C@H](O)[C@@H]2O)cc(OC2O[C@H](CO)[C@@H](O)[C@H](O)[C@@H]2O)c1. The summed E-state index contributed by atoms with van der Waals surface area (Å²) < 4.78 is 64.5. The maximum atomic E-state index is 17.2. The maximum Gasteiger partial charge on any atom is 0.229 e. The third kappa shape index (κ3) is 10.6. The fraction of sp³-hybridized carbons (Fsp3) is 0.560. The van der Waals surface area contributed by atoms with E-state index in [0.717, 1.165) is 0 Å². The summed E-state index contributed by atoms with van der Waals surface area (Å²) in [6.07, 6.45) is -33.0. The minimum absolute atomic E-state index is 0.129. The molecule has 5 fully saturated rings. The van der Waals surface area contributed by atoms with Crippen molar-refractivity contribution in [2.24, 2.45) is 0 Å². The maximum absolute atomic E-state index is 17.2. The number of rotatable bonds is 15. The molecule has 0 spiro atoms. The summed E-state index contributed by atoms with van der Waals surface area (Å²) in [5.41, 5.74) is 1.41. The molecule has 0 bridgehead atoms. The van der Waals surface area contributed by atoms with E-state index in [4.69, 9.17) is 37.9 Å². The van der Waals surface area contributed by atoms with Gasteiger partial charge in [-0.2, -0.15) is 0 Å². The van der Waals surface area contributed by atoms with Gasteiger partial charge in [-0.15, -0.1) is 0 Å². The van der Waals surface area contributed by atoms with Gasteiger partial charge >= 0.3 is 0 Å². The molecule has 20 atom stereocenters. The third-order valence-corrected chi connectivity index (χ3v) is 17.8. The highest BCUT2D eigenvalue weighted by molar-refractivity contribution is 7.90. The first-order chi connectivity index (χ1) is 36.3. The highest BCUT2D eigenvalue weighted by Gasteiger charge is 2.51. The Hall–Kier alpha value is -4.23. The Kier molecular flexibility index (Phi) is 17.3. The first-order valence-electron chi connectivity index (χ1n) is 24.7. The average molecular weight is 1100 g/mol. The molecule has 3 aromatic carbocycles. The van der Waals surface area contributed by atoms with Gasteiger partial charge in [0.1, 0.15) is 121 Å². The first kappa shape index (κ1) is 56.5.